The number of hydrogen-bond donors (Lipinski definition) is 0. The smallest absolute Gasteiger partial charge is 0.254 e. The van der Waals surface area contributed by atoms with Crippen LogP contribution in [-0.4, -0.2) is 62.9 Å². The number of rotatable bonds is 3. The summed E-state index contributed by atoms with van der Waals surface area (Å²) in [6.45, 7) is 5.46. The van der Waals surface area contributed by atoms with Gasteiger partial charge in [-0.2, -0.15) is 4.31 Å². The summed E-state index contributed by atoms with van der Waals surface area (Å²) in [5.74, 6) is 0.460. The van der Waals surface area contributed by atoms with E-state index in [1.807, 2.05) is 0 Å². The van der Waals surface area contributed by atoms with Crippen molar-refractivity contribution in [2.75, 3.05) is 39.4 Å². The van der Waals surface area contributed by atoms with Crippen LogP contribution in [0.4, 0.5) is 0 Å². The largest absolute Gasteiger partial charge is 0.378 e. The SMILES string of the molecule is CC1CCN(S(=O)(=O)c2cc(C(=O)N3CCOCC3)cs2)CC1. The van der Waals surface area contributed by atoms with E-state index in [1.54, 1.807) is 14.6 Å². The Kier molecular flexibility index (Phi) is 5.05. The summed E-state index contributed by atoms with van der Waals surface area (Å²) in [5, 5.41) is 1.65. The summed E-state index contributed by atoms with van der Waals surface area (Å²) in [7, 11) is -3.47. The number of carbonyl (C=O) groups is 1. The summed E-state index contributed by atoms with van der Waals surface area (Å²) in [6.07, 6.45) is 1.79. The van der Waals surface area contributed by atoms with Gasteiger partial charge in [-0.3, -0.25) is 4.79 Å². The molecule has 6 nitrogen and oxygen atoms in total. The predicted molar refractivity (Wildman–Crippen MR) is 88.2 cm³/mol. The fourth-order valence-electron chi connectivity index (χ4n) is 2.87. The van der Waals surface area contributed by atoms with E-state index in [0.29, 0.717) is 50.9 Å². The van der Waals surface area contributed by atoms with Crippen molar-refractivity contribution in [2.45, 2.75) is 24.0 Å². The van der Waals surface area contributed by atoms with Crippen LogP contribution >= 0.6 is 11.3 Å². The van der Waals surface area contributed by atoms with Gasteiger partial charge in [0.1, 0.15) is 4.21 Å². The van der Waals surface area contributed by atoms with Gasteiger partial charge in [0.2, 0.25) is 0 Å². The zero-order chi connectivity index (χ0) is 16.4. The number of hydrogen-bond acceptors (Lipinski definition) is 5. The zero-order valence-electron chi connectivity index (χ0n) is 13.2. The molecule has 0 bridgehead atoms. The first-order chi connectivity index (χ1) is 11.0. The highest BCUT2D eigenvalue weighted by molar-refractivity contribution is 7.91. The Labute approximate surface area is 141 Å². The number of piperidine rings is 1. The van der Waals surface area contributed by atoms with Gasteiger partial charge < -0.3 is 9.64 Å². The van der Waals surface area contributed by atoms with E-state index < -0.39 is 10.0 Å². The van der Waals surface area contributed by atoms with E-state index in [0.717, 1.165) is 24.2 Å². The van der Waals surface area contributed by atoms with Crippen LogP contribution in [0.3, 0.4) is 0 Å². The fraction of sp³-hybridized carbons (Fsp3) is 0.667. The van der Waals surface area contributed by atoms with Gasteiger partial charge in [-0.25, -0.2) is 8.42 Å². The van der Waals surface area contributed by atoms with E-state index in [2.05, 4.69) is 6.92 Å². The molecule has 128 valence electrons. The molecule has 0 saturated carbocycles. The predicted octanol–water partition coefficient (Wildman–Crippen LogP) is 1.64. The third kappa shape index (κ3) is 3.60. The average Bonchev–Trinajstić information content (AvgIpc) is 3.06. The number of sulfonamides is 1. The molecule has 0 spiro atoms. The maximum Gasteiger partial charge on any atom is 0.254 e. The monoisotopic (exact) mass is 358 g/mol. The lowest BCUT2D eigenvalue weighted by atomic mass is 10.0. The lowest BCUT2D eigenvalue weighted by molar-refractivity contribution is 0.0303. The number of nitrogens with zero attached hydrogens (tertiary/aromatic N) is 2. The Bertz CT molecular complexity index is 657. The Balaban J connectivity index is 1.74. The molecule has 2 aliphatic rings. The highest BCUT2D eigenvalue weighted by atomic mass is 32.2. The highest BCUT2D eigenvalue weighted by Gasteiger charge is 2.30. The summed E-state index contributed by atoms with van der Waals surface area (Å²) in [6, 6.07) is 1.52. The first-order valence-corrected chi connectivity index (χ1v) is 10.3. The van der Waals surface area contributed by atoms with Gasteiger partial charge >= 0.3 is 0 Å². The van der Waals surface area contributed by atoms with Crippen LogP contribution in [0, 0.1) is 5.92 Å². The number of morpholine rings is 1. The number of amides is 1. The van der Waals surface area contributed by atoms with Crippen molar-refractivity contribution in [3.63, 3.8) is 0 Å². The number of carbonyl (C=O) groups excluding carboxylic acids is 1. The Morgan fingerprint density at radius 1 is 1.22 bits per heavy atom. The average molecular weight is 358 g/mol. The molecular weight excluding hydrogens is 336 g/mol. The van der Waals surface area contributed by atoms with Crippen molar-refractivity contribution in [1.82, 2.24) is 9.21 Å². The van der Waals surface area contributed by atoms with E-state index in [9.17, 15) is 13.2 Å². The first-order valence-electron chi connectivity index (χ1n) is 7.94. The minimum absolute atomic E-state index is 0.113. The summed E-state index contributed by atoms with van der Waals surface area (Å²) < 4.78 is 32.4. The quantitative estimate of drug-likeness (QED) is 0.824. The summed E-state index contributed by atoms with van der Waals surface area (Å²) in [4.78, 5) is 14.1. The number of thiophene rings is 1. The standard InChI is InChI=1S/C15H22N2O4S2/c1-12-2-4-17(5-3-12)23(19,20)14-10-13(11-22-14)15(18)16-6-8-21-9-7-16/h10-12H,2-9H2,1H3. The van der Waals surface area contributed by atoms with Crippen LogP contribution in [0.1, 0.15) is 30.1 Å². The molecule has 0 aromatic carbocycles. The van der Waals surface area contributed by atoms with Gasteiger partial charge in [0, 0.05) is 31.6 Å². The van der Waals surface area contributed by atoms with Crippen LogP contribution in [0.15, 0.2) is 15.7 Å². The van der Waals surface area contributed by atoms with Crippen molar-refractivity contribution in [3.05, 3.63) is 17.0 Å². The first kappa shape index (κ1) is 16.9. The second-order valence-corrected chi connectivity index (χ2v) is 9.22. The zero-order valence-corrected chi connectivity index (χ0v) is 14.9. The molecule has 0 N–H and O–H groups in total. The van der Waals surface area contributed by atoms with E-state index in [4.69, 9.17) is 4.74 Å². The van der Waals surface area contributed by atoms with Crippen LogP contribution in [-0.2, 0) is 14.8 Å². The molecule has 2 saturated heterocycles. The van der Waals surface area contributed by atoms with E-state index in [-0.39, 0.29) is 10.1 Å². The second-order valence-electron chi connectivity index (χ2n) is 6.15. The van der Waals surface area contributed by atoms with Crippen molar-refractivity contribution in [3.8, 4) is 0 Å². The molecule has 0 aliphatic carbocycles. The maximum atomic E-state index is 12.7. The minimum atomic E-state index is -3.47. The second kappa shape index (κ2) is 6.88. The van der Waals surface area contributed by atoms with Crippen molar-refractivity contribution < 1.29 is 17.9 Å². The van der Waals surface area contributed by atoms with Crippen LogP contribution in [0.2, 0.25) is 0 Å². The molecule has 3 heterocycles. The van der Waals surface area contributed by atoms with Gasteiger partial charge in [0.15, 0.2) is 0 Å². The molecule has 1 amide bonds. The van der Waals surface area contributed by atoms with Gasteiger partial charge in [-0.15, -0.1) is 11.3 Å². The Morgan fingerprint density at radius 2 is 1.87 bits per heavy atom. The minimum Gasteiger partial charge on any atom is -0.378 e. The number of ether oxygens (including phenoxy) is 1. The van der Waals surface area contributed by atoms with Gasteiger partial charge in [0.25, 0.3) is 15.9 Å². The summed E-state index contributed by atoms with van der Waals surface area (Å²) >= 11 is 1.13. The molecule has 1 aromatic rings. The molecule has 23 heavy (non-hydrogen) atoms. The van der Waals surface area contributed by atoms with Gasteiger partial charge in [0.05, 0.1) is 18.8 Å². The molecule has 0 unspecified atom stereocenters. The van der Waals surface area contributed by atoms with Crippen molar-refractivity contribution >= 4 is 27.3 Å². The molecule has 2 aliphatic heterocycles. The summed E-state index contributed by atoms with van der Waals surface area (Å²) in [5.41, 5.74) is 0.459. The normalized spacial score (nSPS) is 21.5. The molecular formula is C15H22N2O4S2. The van der Waals surface area contributed by atoms with Crippen molar-refractivity contribution in [1.29, 1.82) is 0 Å². The van der Waals surface area contributed by atoms with Crippen LogP contribution in [0.25, 0.3) is 0 Å². The highest BCUT2D eigenvalue weighted by Crippen LogP contribution is 2.28. The third-order valence-corrected chi connectivity index (χ3v) is 7.77. The van der Waals surface area contributed by atoms with Gasteiger partial charge in [-0.05, 0) is 24.8 Å². The Hall–Kier alpha value is -0.960. The van der Waals surface area contributed by atoms with E-state index in [1.165, 1.54) is 6.07 Å². The third-order valence-electron chi connectivity index (χ3n) is 4.46. The molecule has 2 fully saturated rings. The molecule has 1 aromatic heterocycles. The lowest BCUT2D eigenvalue weighted by Gasteiger charge is -2.28. The fourth-order valence-corrected chi connectivity index (χ4v) is 5.64. The van der Waals surface area contributed by atoms with Crippen LogP contribution < -0.4 is 0 Å². The molecule has 3 rings (SSSR count). The Morgan fingerprint density at radius 3 is 2.52 bits per heavy atom. The molecule has 8 heteroatoms. The van der Waals surface area contributed by atoms with Crippen LogP contribution in [0.5, 0.6) is 0 Å². The van der Waals surface area contributed by atoms with Crippen molar-refractivity contribution in [2.24, 2.45) is 5.92 Å². The van der Waals surface area contributed by atoms with Gasteiger partial charge in [-0.1, -0.05) is 6.92 Å². The topological polar surface area (TPSA) is 66.9 Å². The maximum absolute atomic E-state index is 12.7. The molecule has 0 atom stereocenters. The van der Waals surface area contributed by atoms with E-state index >= 15 is 0 Å². The lowest BCUT2D eigenvalue weighted by Crippen LogP contribution is -2.40. The molecule has 0 radical (unpaired) electrons.